The van der Waals surface area contributed by atoms with E-state index in [2.05, 4.69) is 20.9 Å². The zero-order chi connectivity index (χ0) is 14.1. The van der Waals surface area contributed by atoms with Gasteiger partial charge in [0.15, 0.2) is 0 Å². The highest BCUT2D eigenvalue weighted by Crippen LogP contribution is 2.15. The molecule has 0 aliphatic carbocycles. The minimum Gasteiger partial charge on any atom is -0.268 e. The van der Waals surface area contributed by atoms with Crippen LogP contribution in [-0.4, -0.2) is 9.55 Å². The van der Waals surface area contributed by atoms with Gasteiger partial charge in [0, 0.05) is 0 Å². The molecule has 0 fully saturated rings. The Morgan fingerprint density at radius 2 is 1.80 bits per heavy atom. The second-order valence-corrected chi connectivity index (χ2v) is 5.22. The molecule has 0 atom stereocenters. The van der Waals surface area contributed by atoms with Crippen molar-refractivity contribution in [1.82, 2.24) is 9.55 Å². The van der Waals surface area contributed by atoms with Crippen molar-refractivity contribution >= 4 is 26.8 Å². The molecule has 2 aromatic carbocycles. The molecule has 0 bridgehead atoms. The van der Waals surface area contributed by atoms with Crippen LogP contribution in [0, 0.1) is 6.92 Å². The first kappa shape index (κ1) is 13.1. The van der Waals surface area contributed by atoms with E-state index in [0.29, 0.717) is 16.5 Å². The first-order valence-electron chi connectivity index (χ1n) is 6.34. The highest BCUT2D eigenvalue weighted by Gasteiger charge is 2.11. The Morgan fingerprint density at radius 3 is 2.50 bits per heavy atom. The number of rotatable bonds is 2. The van der Waals surface area contributed by atoms with Crippen LogP contribution >= 0.6 is 15.9 Å². The van der Waals surface area contributed by atoms with E-state index in [1.165, 1.54) is 0 Å². The third-order valence-corrected chi connectivity index (χ3v) is 3.76. The normalized spacial score (nSPS) is 10.9. The minimum absolute atomic E-state index is 0.0334. The molecule has 4 heteroatoms. The Bertz CT molecular complexity index is 822. The highest BCUT2D eigenvalue weighted by molar-refractivity contribution is 9.08. The predicted octanol–water partition coefficient (Wildman–Crippen LogP) is 3.59. The summed E-state index contributed by atoms with van der Waals surface area (Å²) in [5.41, 5.74) is 2.70. The Balaban J connectivity index is 2.36. The fourth-order valence-electron chi connectivity index (χ4n) is 2.23. The predicted molar refractivity (Wildman–Crippen MR) is 84.7 cm³/mol. The second kappa shape index (κ2) is 5.21. The number of hydrogen-bond donors (Lipinski definition) is 0. The molecule has 0 amide bonds. The molecule has 0 N–H and O–H groups in total. The van der Waals surface area contributed by atoms with Crippen LogP contribution in [0.4, 0.5) is 0 Å². The van der Waals surface area contributed by atoms with Crippen LogP contribution in [0.1, 0.15) is 11.4 Å². The maximum Gasteiger partial charge on any atom is 0.265 e. The molecule has 0 spiro atoms. The van der Waals surface area contributed by atoms with Gasteiger partial charge in [-0.05, 0) is 31.2 Å². The standard InChI is InChI=1S/C16H13BrN2O/c1-11-6-8-12(9-7-11)19-15(10-17)18-14-5-3-2-4-13(14)16(19)20/h2-9H,10H2,1H3. The molecule has 1 heterocycles. The molecule has 0 saturated carbocycles. The number of benzene rings is 2. The van der Waals surface area contributed by atoms with E-state index in [-0.39, 0.29) is 5.56 Å². The maximum absolute atomic E-state index is 12.7. The topological polar surface area (TPSA) is 34.9 Å². The van der Waals surface area contributed by atoms with Gasteiger partial charge in [0.1, 0.15) is 5.82 Å². The smallest absolute Gasteiger partial charge is 0.265 e. The Labute approximate surface area is 125 Å². The summed E-state index contributed by atoms with van der Waals surface area (Å²) in [7, 11) is 0. The van der Waals surface area contributed by atoms with Crippen LogP contribution in [0.25, 0.3) is 16.6 Å². The monoisotopic (exact) mass is 328 g/mol. The Kier molecular flexibility index (Phi) is 3.40. The number of halogens is 1. The van der Waals surface area contributed by atoms with Gasteiger partial charge in [0.25, 0.3) is 5.56 Å². The number of para-hydroxylation sites is 1. The number of alkyl halides is 1. The number of aromatic nitrogens is 2. The summed E-state index contributed by atoms with van der Waals surface area (Å²) in [6.07, 6.45) is 0. The fourth-order valence-corrected chi connectivity index (χ4v) is 2.60. The number of nitrogens with zero attached hydrogens (tertiary/aromatic N) is 2. The van der Waals surface area contributed by atoms with Crippen LogP contribution in [0.3, 0.4) is 0 Å². The lowest BCUT2D eigenvalue weighted by molar-refractivity contribution is 0.887. The molecule has 100 valence electrons. The zero-order valence-corrected chi connectivity index (χ0v) is 12.6. The molecular formula is C16H13BrN2O. The van der Waals surface area contributed by atoms with E-state index in [1.54, 1.807) is 4.57 Å². The van der Waals surface area contributed by atoms with Gasteiger partial charge in [0.05, 0.1) is 21.9 Å². The summed E-state index contributed by atoms with van der Waals surface area (Å²) in [5, 5.41) is 1.17. The summed E-state index contributed by atoms with van der Waals surface area (Å²) >= 11 is 3.42. The molecule has 0 unspecified atom stereocenters. The SMILES string of the molecule is Cc1ccc(-n2c(CBr)nc3ccccc3c2=O)cc1. The molecule has 3 aromatic rings. The van der Waals surface area contributed by atoms with Gasteiger partial charge in [-0.25, -0.2) is 4.98 Å². The van der Waals surface area contributed by atoms with E-state index >= 15 is 0 Å². The van der Waals surface area contributed by atoms with Gasteiger partial charge in [0.2, 0.25) is 0 Å². The van der Waals surface area contributed by atoms with Crippen molar-refractivity contribution in [1.29, 1.82) is 0 Å². The molecule has 0 aliphatic heterocycles. The molecule has 3 rings (SSSR count). The van der Waals surface area contributed by atoms with E-state index in [1.807, 2.05) is 55.5 Å². The highest BCUT2D eigenvalue weighted by atomic mass is 79.9. The molecule has 3 nitrogen and oxygen atoms in total. The summed E-state index contributed by atoms with van der Waals surface area (Å²) in [6.45, 7) is 2.02. The molecule has 0 radical (unpaired) electrons. The van der Waals surface area contributed by atoms with E-state index in [9.17, 15) is 4.79 Å². The van der Waals surface area contributed by atoms with E-state index in [0.717, 1.165) is 16.8 Å². The fraction of sp³-hybridized carbons (Fsp3) is 0.125. The van der Waals surface area contributed by atoms with Crippen LogP contribution in [0.5, 0.6) is 0 Å². The quantitative estimate of drug-likeness (QED) is 0.674. The molecule has 20 heavy (non-hydrogen) atoms. The van der Waals surface area contributed by atoms with Gasteiger partial charge in [-0.15, -0.1) is 0 Å². The first-order valence-corrected chi connectivity index (χ1v) is 7.46. The lowest BCUT2D eigenvalue weighted by Crippen LogP contribution is -2.23. The van der Waals surface area contributed by atoms with E-state index < -0.39 is 0 Å². The molecule has 0 aliphatic rings. The first-order chi connectivity index (χ1) is 9.70. The molecular weight excluding hydrogens is 316 g/mol. The molecule has 1 aromatic heterocycles. The van der Waals surface area contributed by atoms with Crippen LogP contribution in [0.15, 0.2) is 53.3 Å². The van der Waals surface area contributed by atoms with Gasteiger partial charge in [-0.3, -0.25) is 9.36 Å². The summed E-state index contributed by atoms with van der Waals surface area (Å²) in [5.74, 6) is 0.706. The van der Waals surface area contributed by atoms with Crippen LogP contribution in [-0.2, 0) is 5.33 Å². The summed E-state index contributed by atoms with van der Waals surface area (Å²) < 4.78 is 1.66. The second-order valence-electron chi connectivity index (χ2n) is 4.65. The third-order valence-electron chi connectivity index (χ3n) is 3.26. The number of fused-ring (bicyclic) bond motifs is 1. The largest absolute Gasteiger partial charge is 0.268 e. The minimum atomic E-state index is -0.0334. The third kappa shape index (κ3) is 2.16. The maximum atomic E-state index is 12.7. The van der Waals surface area contributed by atoms with Crippen molar-refractivity contribution in [2.75, 3.05) is 0 Å². The van der Waals surface area contributed by atoms with Crippen molar-refractivity contribution < 1.29 is 0 Å². The Hall–Kier alpha value is -1.94. The average molecular weight is 329 g/mol. The molecule has 0 saturated heterocycles. The van der Waals surface area contributed by atoms with Gasteiger partial charge in [-0.2, -0.15) is 0 Å². The van der Waals surface area contributed by atoms with Crippen molar-refractivity contribution in [2.24, 2.45) is 0 Å². The van der Waals surface area contributed by atoms with Gasteiger partial charge in [-0.1, -0.05) is 45.8 Å². The van der Waals surface area contributed by atoms with Crippen molar-refractivity contribution in [2.45, 2.75) is 12.3 Å². The zero-order valence-electron chi connectivity index (χ0n) is 11.0. The number of aryl methyl sites for hydroxylation is 1. The van der Waals surface area contributed by atoms with Gasteiger partial charge < -0.3 is 0 Å². The summed E-state index contributed by atoms with van der Waals surface area (Å²) in [4.78, 5) is 17.3. The van der Waals surface area contributed by atoms with Crippen LogP contribution < -0.4 is 5.56 Å². The lowest BCUT2D eigenvalue weighted by atomic mass is 10.2. The van der Waals surface area contributed by atoms with Crippen molar-refractivity contribution in [3.63, 3.8) is 0 Å². The number of hydrogen-bond acceptors (Lipinski definition) is 2. The Morgan fingerprint density at radius 1 is 1.10 bits per heavy atom. The van der Waals surface area contributed by atoms with Gasteiger partial charge >= 0.3 is 0 Å². The van der Waals surface area contributed by atoms with Crippen molar-refractivity contribution in [3.05, 3.63) is 70.3 Å². The van der Waals surface area contributed by atoms with Crippen LogP contribution in [0.2, 0.25) is 0 Å². The average Bonchev–Trinajstić information content (AvgIpc) is 2.48. The lowest BCUT2D eigenvalue weighted by Gasteiger charge is -2.12. The summed E-state index contributed by atoms with van der Waals surface area (Å²) in [6, 6.07) is 15.3. The van der Waals surface area contributed by atoms with E-state index in [4.69, 9.17) is 0 Å². The van der Waals surface area contributed by atoms with Crippen molar-refractivity contribution in [3.8, 4) is 5.69 Å².